The first-order valence-electron chi connectivity index (χ1n) is 7.39. The molecule has 0 atom stereocenters. The molecule has 0 bridgehead atoms. The SMILES string of the molecule is CCC=C[SiH](N(CC)CCC)N(CC)CCC. The van der Waals surface area contributed by atoms with E-state index in [1.165, 1.54) is 39.0 Å². The van der Waals surface area contributed by atoms with Crippen molar-refractivity contribution < 1.29 is 0 Å². The minimum absolute atomic E-state index is 1.03. The summed E-state index contributed by atoms with van der Waals surface area (Å²) in [5.41, 5.74) is 2.53. The fraction of sp³-hybridized carbons (Fsp3) is 0.857. The normalized spacial score (nSPS) is 12.5. The molecule has 0 aromatic heterocycles. The molecule has 0 amide bonds. The average molecular weight is 257 g/mol. The number of hydrogen-bond donors (Lipinski definition) is 0. The van der Waals surface area contributed by atoms with E-state index < -0.39 is 9.12 Å². The quantitative estimate of drug-likeness (QED) is 0.554. The number of rotatable bonds is 10. The van der Waals surface area contributed by atoms with Crippen molar-refractivity contribution in [1.82, 2.24) is 9.13 Å². The molecular weight excluding hydrogens is 224 g/mol. The summed E-state index contributed by atoms with van der Waals surface area (Å²) in [5.74, 6) is 0. The van der Waals surface area contributed by atoms with Gasteiger partial charge in [-0.15, -0.1) is 0 Å². The second kappa shape index (κ2) is 11.0. The number of allylic oxidation sites excluding steroid dienone is 1. The second-order valence-electron chi connectivity index (χ2n) is 4.51. The van der Waals surface area contributed by atoms with Crippen LogP contribution in [0, 0.1) is 0 Å². The Labute approximate surface area is 110 Å². The highest BCUT2D eigenvalue weighted by Gasteiger charge is 2.21. The first kappa shape index (κ1) is 16.9. The fourth-order valence-electron chi connectivity index (χ4n) is 2.26. The zero-order chi connectivity index (χ0) is 13.1. The second-order valence-corrected chi connectivity index (χ2v) is 7.18. The molecule has 0 spiro atoms. The number of nitrogens with zero attached hydrogens (tertiary/aromatic N) is 2. The van der Waals surface area contributed by atoms with Crippen LogP contribution in [0.3, 0.4) is 0 Å². The predicted octanol–water partition coefficient (Wildman–Crippen LogP) is 3.18. The van der Waals surface area contributed by atoms with Gasteiger partial charge in [0.1, 0.15) is 0 Å². The van der Waals surface area contributed by atoms with E-state index in [-0.39, 0.29) is 0 Å². The van der Waals surface area contributed by atoms with E-state index in [0.717, 1.165) is 6.42 Å². The molecule has 0 fully saturated rings. The summed E-state index contributed by atoms with van der Waals surface area (Å²) in [7, 11) is -1.03. The lowest BCUT2D eigenvalue weighted by atomic mass is 10.5. The van der Waals surface area contributed by atoms with E-state index in [1.807, 2.05) is 0 Å². The van der Waals surface area contributed by atoms with Crippen molar-refractivity contribution in [2.75, 3.05) is 26.2 Å². The van der Waals surface area contributed by atoms with Crippen molar-refractivity contribution in [3.63, 3.8) is 0 Å². The summed E-state index contributed by atoms with van der Waals surface area (Å²) >= 11 is 0. The molecular formula is C14H32N2Si. The van der Waals surface area contributed by atoms with Crippen LogP contribution < -0.4 is 0 Å². The lowest BCUT2D eigenvalue weighted by Gasteiger charge is -2.35. The van der Waals surface area contributed by atoms with Gasteiger partial charge < -0.3 is 9.13 Å². The van der Waals surface area contributed by atoms with E-state index in [0.29, 0.717) is 0 Å². The minimum Gasteiger partial charge on any atom is -0.311 e. The van der Waals surface area contributed by atoms with Gasteiger partial charge in [0.05, 0.1) is 0 Å². The smallest absolute Gasteiger partial charge is 0.215 e. The van der Waals surface area contributed by atoms with Crippen molar-refractivity contribution in [2.45, 2.75) is 53.9 Å². The topological polar surface area (TPSA) is 6.48 Å². The predicted molar refractivity (Wildman–Crippen MR) is 81.7 cm³/mol. The van der Waals surface area contributed by atoms with Crippen molar-refractivity contribution in [3.8, 4) is 0 Å². The molecule has 0 radical (unpaired) electrons. The van der Waals surface area contributed by atoms with E-state index in [2.05, 4.69) is 55.5 Å². The third-order valence-corrected chi connectivity index (χ3v) is 6.49. The van der Waals surface area contributed by atoms with Crippen molar-refractivity contribution >= 4 is 9.12 Å². The van der Waals surface area contributed by atoms with Gasteiger partial charge in [-0.3, -0.25) is 0 Å². The zero-order valence-corrected chi connectivity index (χ0v) is 13.7. The molecule has 0 aliphatic carbocycles. The average Bonchev–Trinajstić information content (AvgIpc) is 2.36. The largest absolute Gasteiger partial charge is 0.311 e. The van der Waals surface area contributed by atoms with Crippen LogP contribution in [0.4, 0.5) is 0 Å². The van der Waals surface area contributed by atoms with Crippen LogP contribution in [0.15, 0.2) is 11.8 Å². The summed E-state index contributed by atoms with van der Waals surface area (Å²) in [6.07, 6.45) is 6.06. The molecule has 0 aromatic rings. The van der Waals surface area contributed by atoms with Gasteiger partial charge in [0.2, 0.25) is 9.12 Å². The number of hydrogen-bond acceptors (Lipinski definition) is 2. The molecule has 17 heavy (non-hydrogen) atoms. The standard InChI is InChI=1S/C14H32N2Si/c1-6-11-14-17(15(9-4)12-7-2)16(10-5)13-8-3/h11,14,17H,6-10,12-13H2,1-5H3. The maximum Gasteiger partial charge on any atom is 0.215 e. The molecule has 0 unspecified atom stereocenters. The van der Waals surface area contributed by atoms with Crippen molar-refractivity contribution in [2.24, 2.45) is 0 Å². The molecule has 0 heterocycles. The van der Waals surface area contributed by atoms with Gasteiger partial charge in [-0.1, -0.05) is 46.4 Å². The molecule has 0 rings (SSSR count). The Morgan fingerprint density at radius 3 is 1.59 bits per heavy atom. The van der Waals surface area contributed by atoms with Gasteiger partial charge in [-0.2, -0.15) is 0 Å². The Hall–Kier alpha value is -0.123. The minimum atomic E-state index is -1.03. The van der Waals surface area contributed by atoms with Gasteiger partial charge in [-0.25, -0.2) is 0 Å². The third-order valence-electron chi connectivity index (χ3n) is 3.13. The lowest BCUT2D eigenvalue weighted by molar-refractivity contribution is 0.365. The van der Waals surface area contributed by atoms with Crippen LogP contribution in [0.2, 0.25) is 0 Å². The summed E-state index contributed by atoms with van der Waals surface area (Å²) in [6.45, 7) is 16.3. The van der Waals surface area contributed by atoms with Gasteiger partial charge in [0, 0.05) is 0 Å². The molecule has 0 saturated heterocycles. The Kier molecular flexibility index (Phi) is 10.9. The molecule has 0 saturated carbocycles. The van der Waals surface area contributed by atoms with Crippen LogP contribution in [-0.2, 0) is 0 Å². The third kappa shape index (κ3) is 6.39. The maximum absolute atomic E-state index is 2.71. The van der Waals surface area contributed by atoms with Gasteiger partial charge in [0.25, 0.3) is 0 Å². The Balaban J connectivity index is 4.73. The van der Waals surface area contributed by atoms with Crippen molar-refractivity contribution in [1.29, 1.82) is 0 Å². The van der Waals surface area contributed by atoms with E-state index in [9.17, 15) is 0 Å². The first-order chi connectivity index (χ1) is 8.24. The highest BCUT2D eigenvalue weighted by Crippen LogP contribution is 2.06. The van der Waals surface area contributed by atoms with E-state index in [1.54, 1.807) is 0 Å². The Morgan fingerprint density at radius 1 is 0.824 bits per heavy atom. The summed E-state index contributed by atoms with van der Waals surface area (Å²) in [5, 5.41) is 0. The first-order valence-corrected chi connectivity index (χ1v) is 9.09. The van der Waals surface area contributed by atoms with Crippen LogP contribution in [0.5, 0.6) is 0 Å². The molecule has 102 valence electrons. The van der Waals surface area contributed by atoms with E-state index in [4.69, 9.17) is 0 Å². The van der Waals surface area contributed by atoms with Crippen LogP contribution in [0.1, 0.15) is 53.9 Å². The molecule has 0 aliphatic rings. The van der Waals surface area contributed by atoms with Crippen LogP contribution in [0.25, 0.3) is 0 Å². The highest BCUT2D eigenvalue weighted by atomic mass is 28.3. The summed E-state index contributed by atoms with van der Waals surface area (Å²) < 4.78 is 5.43. The molecule has 0 aliphatic heterocycles. The summed E-state index contributed by atoms with van der Waals surface area (Å²) in [4.78, 5) is 0. The van der Waals surface area contributed by atoms with Crippen molar-refractivity contribution in [3.05, 3.63) is 11.8 Å². The Bertz CT molecular complexity index is 181. The monoisotopic (exact) mass is 256 g/mol. The van der Waals surface area contributed by atoms with Gasteiger partial charge in [-0.05, 0) is 45.4 Å². The highest BCUT2D eigenvalue weighted by molar-refractivity contribution is 6.58. The molecule has 0 aromatic carbocycles. The molecule has 0 N–H and O–H groups in total. The molecule has 2 nitrogen and oxygen atoms in total. The fourth-order valence-corrected chi connectivity index (χ4v) is 5.52. The maximum atomic E-state index is 2.71. The van der Waals surface area contributed by atoms with Crippen LogP contribution in [-0.4, -0.2) is 44.4 Å². The van der Waals surface area contributed by atoms with Gasteiger partial charge >= 0.3 is 0 Å². The van der Waals surface area contributed by atoms with Gasteiger partial charge in [0.15, 0.2) is 0 Å². The van der Waals surface area contributed by atoms with E-state index >= 15 is 0 Å². The lowest BCUT2D eigenvalue weighted by Crippen LogP contribution is -2.52. The van der Waals surface area contributed by atoms with Crippen LogP contribution >= 0.6 is 0 Å². The summed E-state index contributed by atoms with van der Waals surface area (Å²) in [6, 6.07) is 0. The Morgan fingerprint density at radius 2 is 1.29 bits per heavy atom. The zero-order valence-electron chi connectivity index (χ0n) is 12.6. The molecule has 3 heteroatoms.